The summed E-state index contributed by atoms with van der Waals surface area (Å²) in [6.45, 7) is 3.98. The largest absolute Gasteiger partial charge is 0.356 e. The van der Waals surface area contributed by atoms with Gasteiger partial charge in [0.05, 0.1) is 0 Å². The predicted molar refractivity (Wildman–Crippen MR) is 106 cm³/mol. The van der Waals surface area contributed by atoms with Crippen LogP contribution in [0.2, 0.25) is 0 Å². The molecule has 2 heterocycles. The van der Waals surface area contributed by atoms with Crippen LogP contribution in [0.25, 0.3) is 0 Å². The Balaban J connectivity index is 0.00000288. The van der Waals surface area contributed by atoms with Crippen LogP contribution >= 0.6 is 24.0 Å². The van der Waals surface area contributed by atoms with E-state index < -0.39 is 0 Å². The molecule has 0 saturated carbocycles. The predicted octanol–water partition coefficient (Wildman–Crippen LogP) is 0.270. The van der Waals surface area contributed by atoms with E-state index in [1.165, 1.54) is 0 Å². The normalized spacial score (nSPS) is 14.9. The molecule has 1 aromatic heterocycles. The van der Waals surface area contributed by atoms with E-state index in [0.29, 0.717) is 13.0 Å². The molecule has 0 bridgehead atoms. The van der Waals surface area contributed by atoms with Gasteiger partial charge in [-0.2, -0.15) is 0 Å². The molecule has 24 heavy (non-hydrogen) atoms. The number of rotatable bonds is 4. The average molecular weight is 447 g/mol. The topological polar surface area (TPSA) is 77.0 Å². The first-order valence-electron chi connectivity index (χ1n) is 7.79. The maximum atomic E-state index is 11.6. The molecule has 1 aliphatic rings. The van der Waals surface area contributed by atoms with Gasteiger partial charge in [-0.25, -0.2) is 9.97 Å². The molecule has 1 fully saturated rings. The molecular weight excluding hydrogens is 421 g/mol. The van der Waals surface area contributed by atoms with E-state index in [0.717, 1.165) is 38.1 Å². The number of aliphatic imine (C=N–C) groups is 1. The third kappa shape index (κ3) is 5.77. The van der Waals surface area contributed by atoms with Crippen LogP contribution in [0.4, 0.5) is 5.95 Å². The van der Waals surface area contributed by atoms with Crippen LogP contribution in [0.5, 0.6) is 0 Å². The first-order valence-corrected chi connectivity index (χ1v) is 7.79. The Morgan fingerprint density at radius 1 is 1.25 bits per heavy atom. The van der Waals surface area contributed by atoms with Gasteiger partial charge in [0.2, 0.25) is 11.9 Å². The summed E-state index contributed by atoms with van der Waals surface area (Å²) in [5.74, 6) is 1.72. The van der Waals surface area contributed by atoms with Crippen molar-refractivity contribution in [2.75, 3.05) is 58.8 Å². The zero-order valence-corrected chi connectivity index (χ0v) is 16.8. The lowest BCUT2D eigenvalue weighted by molar-refractivity contribution is -0.128. The van der Waals surface area contributed by atoms with E-state index in [1.807, 2.05) is 6.07 Å². The Hall–Kier alpha value is -1.65. The quantitative estimate of drug-likeness (QED) is 0.406. The molecule has 9 heteroatoms. The minimum Gasteiger partial charge on any atom is -0.356 e. The number of carbonyl (C=O) groups excluding carboxylic acids is 1. The molecule has 134 valence electrons. The summed E-state index contributed by atoms with van der Waals surface area (Å²) in [6.07, 6.45) is 3.98. The number of guanidine groups is 1. The van der Waals surface area contributed by atoms with E-state index in [4.69, 9.17) is 0 Å². The third-order valence-corrected chi connectivity index (χ3v) is 3.75. The van der Waals surface area contributed by atoms with Crippen LogP contribution < -0.4 is 10.2 Å². The Bertz CT molecular complexity index is 530. The molecular formula is C15H26IN7O. The molecule has 0 aliphatic carbocycles. The lowest BCUT2D eigenvalue weighted by Crippen LogP contribution is -2.53. The Morgan fingerprint density at radius 3 is 2.42 bits per heavy atom. The number of amides is 1. The van der Waals surface area contributed by atoms with E-state index in [9.17, 15) is 4.79 Å². The van der Waals surface area contributed by atoms with Crippen molar-refractivity contribution in [2.24, 2.45) is 4.99 Å². The summed E-state index contributed by atoms with van der Waals surface area (Å²) in [7, 11) is 5.30. The summed E-state index contributed by atoms with van der Waals surface area (Å²) >= 11 is 0. The minimum absolute atomic E-state index is 0. The first kappa shape index (κ1) is 20.4. The molecule has 1 saturated heterocycles. The Morgan fingerprint density at radius 2 is 1.88 bits per heavy atom. The maximum Gasteiger partial charge on any atom is 0.225 e. The number of piperazine rings is 1. The monoisotopic (exact) mass is 447 g/mol. The standard InChI is InChI=1S/C15H25N7O.HI/c1-16-14(19-8-5-13(23)20(2)3)21-9-11-22(12-10-21)15-17-6-4-7-18-15;/h4,6-7H,5,8-12H2,1-3H3,(H,16,19);1H. The zero-order valence-electron chi connectivity index (χ0n) is 14.5. The van der Waals surface area contributed by atoms with Crippen molar-refractivity contribution in [3.05, 3.63) is 18.5 Å². The fourth-order valence-corrected chi connectivity index (χ4v) is 2.41. The van der Waals surface area contributed by atoms with Gasteiger partial charge in [0, 0.05) is 72.7 Å². The number of carbonyl (C=O) groups is 1. The van der Waals surface area contributed by atoms with Crippen LogP contribution in [-0.4, -0.2) is 85.5 Å². The molecule has 2 rings (SSSR count). The van der Waals surface area contributed by atoms with E-state index in [2.05, 4.69) is 30.1 Å². The van der Waals surface area contributed by atoms with Crippen molar-refractivity contribution < 1.29 is 4.79 Å². The van der Waals surface area contributed by atoms with Gasteiger partial charge in [0.25, 0.3) is 0 Å². The molecule has 1 N–H and O–H groups in total. The highest BCUT2D eigenvalue weighted by atomic mass is 127. The number of nitrogens with zero attached hydrogens (tertiary/aromatic N) is 6. The molecule has 1 amide bonds. The summed E-state index contributed by atoms with van der Waals surface area (Å²) < 4.78 is 0. The Labute approximate surface area is 160 Å². The highest BCUT2D eigenvalue weighted by molar-refractivity contribution is 14.0. The molecule has 0 radical (unpaired) electrons. The van der Waals surface area contributed by atoms with Crippen LogP contribution in [0, 0.1) is 0 Å². The van der Waals surface area contributed by atoms with Crippen molar-refractivity contribution in [3.63, 3.8) is 0 Å². The van der Waals surface area contributed by atoms with Crippen molar-refractivity contribution >= 4 is 41.8 Å². The van der Waals surface area contributed by atoms with E-state index in [1.54, 1.807) is 38.4 Å². The van der Waals surface area contributed by atoms with Gasteiger partial charge in [-0.05, 0) is 6.07 Å². The number of halogens is 1. The zero-order chi connectivity index (χ0) is 16.7. The molecule has 0 spiro atoms. The van der Waals surface area contributed by atoms with Gasteiger partial charge in [-0.1, -0.05) is 0 Å². The van der Waals surface area contributed by atoms with E-state index >= 15 is 0 Å². The number of hydrogen-bond donors (Lipinski definition) is 1. The van der Waals surface area contributed by atoms with Crippen molar-refractivity contribution in [1.29, 1.82) is 0 Å². The fourth-order valence-electron chi connectivity index (χ4n) is 2.41. The summed E-state index contributed by atoms with van der Waals surface area (Å²) in [4.78, 5) is 30.4. The van der Waals surface area contributed by atoms with Crippen molar-refractivity contribution in [1.82, 2.24) is 25.1 Å². The van der Waals surface area contributed by atoms with Gasteiger partial charge >= 0.3 is 0 Å². The maximum absolute atomic E-state index is 11.6. The Kier molecular flexibility index (Phi) is 8.72. The highest BCUT2D eigenvalue weighted by Gasteiger charge is 2.21. The fraction of sp³-hybridized carbons (Fsp3) is 0.600. The summed E-state index contributed by atoms with van der Waals surface area (Å²) in [6, 6.07) is 1.82. The number of aromatic nitrogens is 2. The number of anilines is 1. The lowest BCUT2D eigenvalue weighted by Gasteiger charge is -2.36. The van der Waals surface area contributed by atoms with Crippen molar-refractivity contribution in [2.45, 2.75) is 6.42 Å². The highest BCUT2D eigenvalue weighted by Crippen LogP contribution is 2.09. The smallest absolute Gasteiger partial charge is 0.225 e. The van der Waals surface area contributed by atoms with Crippen LogP contribution in [0.3, 0.4) is 0 Å². The van der Waals surface area contributed by atoms with E-state index in [-0.39, 0.29) is 29.9 Å². The molecule has 0 aromatic carbocycles. The van der Waals surface area contributed by atoms with Crippen LogP contribution in [-0.2, 0) is 4.79 Å². The molecule has 0 atom stereocenters. The van der Waals surface area contributed by atoms with Gasteiger partial charge in [-0.15, -0.1) is 24.0 Å². The molecule has 8 nitrogen and oxygen atoms in total. The summed E-state index contributed by atoms with van der Waals surface area (Å²) in [5.41, 5.74) is 0. The number of nitrogens with one attached hydrogen (secondary N) is 1. The van der Waals surface area contributed by atoms with Gasteiger partial charge in [0.15, 0.2) is 5.96 Å². The second kappa shape index (κ2) is 10.3. The summed E-state index contributed by atoms with van der Waals surface area (Å²) in [5, 5.41) is 3.26. The van der Waals surface area contributed by atoms with Gasteiger partial charge in [0.1, 0.15) is 0 Å². The molecule has 0 unspecified atom stereocenters. The second-order valence-electron chi connectivity index (χ2n) is 5.54. The molecule has 1 aromatic rings. The third-order valence-electron chi connectivity index (χ3n) is 3.75. The van der Waals surface area contributed by atoms with Gasteiger partial charge < -0.3 is 20.0 Å². The minimum atomic E-state index is 0. The average Bonchev–Trinajstić information content (AvgIpc) is 2.59. The number of hydrogen-bond acceptors (Lipinski definition) is 5. The van der Waals surface area contributed by atoms with Crippen LogP contribution in [0.1, 0.15) is 6.42 Å². The SMILES string of the molecule is CN=C(NCCC(=O)N(C)C)N1CCN(c2ncccn2)CC1.I. The van der Waals surface area contributed by atoms with Crippen molar-refractivity contribution in [3.8, 4) is 0 Å². The molecule has 1 aliphatic heterocycles. The first-order chi connectivity index (χ1) is 11.1. The van der Waals surface area contributed by atoms with Gasteiger partial charge in [-0.3, -0.25) is 9.79 Å². The second-order valence-corrected chi connectivity index (χ2v) is 5.54. The lowest BCUT2D eigenvalue weighted by atomic mass is 10.3. The van der Waals surface area contributed by atoms with Crippen LogP contribution in [0.15, 0.2) is 23.5 Å².